The Labute approximate surface area is 176 Å². The van der Waals surface area contributed by atoms with E-state index in [-0.39, 0.29) is 0 Å². The van der Waals surface area contributed by atoms with Crippen LogP contribution in [-0.4, -0.2) is 4.98 Å². The van der Waals surface area contributed by atoms with Crippen LogP contribution in [0, 0.1) is 0 Å². The van der Waals surface area contributed by atoms with Gasteiger partial charge in [0, 0.05) is 31.6 Å². The van der Waals surface area contributed by atoms with Gasteiger partial charge in [0.1, 0.15) is 0 Å². The average molecular weight is 434 g/mol. The minimum absolute atomic E-state index is 1.06. The van der Waals surface area contributed by atoms with E-state index in [0.29, 0.717) is 0 Å². The van der Waals surface area contributed by atoms with E-state index in [4.69, 9.17) is 4.98 Å². The molecule has 0 aliphatic carbocycles. The summed E-state index contributed by atoms with van der Waals surface area (Å²) in [5.74, 6) is 0. The van der Waals surface area contributed by atoms with Gasteiger partial charge in [-0.3, -0.25) is 0 Å². The molecule has 0 fully saturated rings. The van der Waals surface area contributed by atoms with Gasteiger partial charge >= 0.3 is 0 Å². The molecule has 136 valence electrons. The summed E-state index contributed by atoms with van der Waals surface area (Å²) in [5.41, 5.74) is 4.55. The molecular weight excluding hydrogens is 418 g/mol. The first kappa shape index (κ1) is 16.7. The van der Waals surface area contributed by atoms with Crippen LogP contribution in [0.2, 0.25) is 0 Å². The summed E-state index contributed by atoms with van der Waals surface area (Å²) in [6, 6.07) is 34.4. The van der Waals surface area contributed by atoms with Gasteiger partial charge in [0.15, 0.2) is 0 Å². The number of hydrogen-bond donors (Lipinski definition) is 0. The Kier molecular flexibility index (Phi) is 3.68. The lowest BCUT2D eigenvalue weighted by Gasteiger charge is -2.15. The molecule has 1 aromatic heterocycles. The molecule has 0 amide bonds. The van der Waals surface area contributed by atoms with Crippen LogP contribution >= 0.6 is 15.9 Å². The number of aromatic nitrogens is 1. The fraction of sp³-hybridized carbons (Fsp3) is 0. The van der Waals surface area contributed by atoms with Crippen LogP contribution in [0.25, 0.3) is 54.5 Å². The Hall–Kier alpha value is -3.23. The van der Waals surface area contributed by atoms with Crippen molar-refractivity contribution in [1.82, 2.24) is 4.98 Å². The van der Waals surface area contributed by atoms with E-state index in [1.54, 1.807) is 0 Å². The van der Waals surface area contributed by atoms with Crippen molar-refractivity contribution in [2.75, 3.05) is 0 Å². The summed E-state index contributed by atoms with van der Waals surface area (Å²) in [6.07, 6.45) is 0. The number of benzene rings is 5. The van der Waals surface area contributed by atoms with Crippen molar-refractivity contribution >= 4 is 59.3 Å². The van der Waals surface area contributed by atoms with Gasteiger partial charge < -0.3 is 0 Å². The summed E-state index contributed by atoms with van der Waals surface area (Å²) in [7, 11) is 0. The van der Waals surface area contributed by atoms with E-state index in [1.165, 1.54) is 43.4 Å². The zero-order valence-electron chi connectivity index (χ0n) is 15.6. The molecule has 6 aromatic rings. The van der Waals surface area contributed by atoms with Gasteiger partial charge in [0.05, 0.1) is 11.0 Å². The lowest BCUT2D eigenvalue weighted by molar-refractivity contribution is 1.53. The highest BCUT2D eigenvalue weighted by Crippen LogP contribution is 2.40. The molecule has 0 radical (unpaired) electrons. The summed E-state index contributed by atoms with van der Waals surface area (Å²) < 4.78 is 1.08. The van der Waals surface area contributed by atoms with Crippen LogP contribution in [0.3, 0.4) is 0 Å². The molecule has 0 atom stereocenters. The number of fused-ring (bicyclic) bond motifs is 6. The molecule has 0 saturated heterocycles. The fourth-order valence-corrected chi connectivity index (χ4v) is 4.77. The van der Waals surface area contributed by atoms with Crippen LogP contribution in [0.5, 0.6) is 0 Å². The highest BCUT2D eigenvalue weighted by atomic mass is 79.9. The van der Waals surface area contributed by atoms with Gasteiger partial charge in [0.25, 0.3) is 0 Å². The van der Waals surface area contributed by atoms with Crippen molar-refractivity contribution in [3.63, 3.8) is 0 Å². The summed E-state index contributed by atoms with van der Waals surface area (Å²) in [5, 5.41) is 7.18. The molecule has 2 heteroatoms. The molecule has 29 heavy (non-hydrogen) atoms. The minimum atomic E-state index is 1.06. The predicted molar refractivity (Wildman–Crippen MR) is 127 cm³/mol. The monoisotopic (exact) mass is 433 g/mol. The van der Waals surface area contributed by atoms with Crippen LogP contribution in [0.4, 0.5) is 0 Å². The lowest BCUT2D eigenvalue weighted by atomic mass is 9.92. The van der Waals surface area contributed by atoms with E-state index >= 15 is 0 Å². The molecule has 5 aromatic carbocycles. The number of pyridine rings is 1. The fourth-order valence-electron chi connectivity index (χ4n) is 4.37. The van der Waals surface area contributed by atoms with Crippen LogP contribution < -0.4 is 0 Å². The summed E-state index contributed by atoms with van der Waals surface area (Å²) >= 11 is 3.65. The van der Waals surface area contributed by atoms with Crippen molar-refractivity contribution < 1.29 is 0 Å². The first-order valence-corrected chi connectivity index (χ1v) is 10.5. The van der Waals surface area contributed by atoms with Crippen molar-refractivity contribution in [3.8, 4) is 11.1 Å². The topological polar surface area (TPSA) is 12.9 Å². The third kappa shape index (κ3) is 2.56. The standard InChI is InChI=1S/C27H16BrN/c28-20-9-5-8-19(16-20)25-23-14-12-17-6-1-3-10-21(17)26(23)29-27-22-11-4-2-7-18(22)13-15-24(25)27/h1-16H. The molecule has 0 N–H and O–H groups in total. The number of rotatable bonds is 1. The lowest BCUT2D eigenvalue weighted by Crippen LogP contribution is -1.91. The van der Waals surface area contributed by atoms with Gasteiger partial charge in [-0.2, -0.15) is 0 Å². The molecule has 0 aliphatic rings. The Balaban J connectivity index is 1.91. The highest BCUT2D eigenvalue weighted by Gasteiger charge is 2.15. The molecule has 0 unspecified atom stereocenters. The number of hydrogen-bond acceptors (Lipinski definition) is 1. The van der Waals surface area contributed by atoms with Crippen molar-refractivity contribution in [2.45, 2.75) is 0 Å². The Morgan fingerprint density at radius 1 is 0.517 bits per heavy atom. The second-order valence-electron chi connectivity index (χ2n) is 7.36. The first-order valence-electron chi connectivity index (χ1n) is 9.68. The van der Waals surface area contributed by atoms with Gasteiger partial charge in [-0.05, 0) is 28.5 Å². The maximum atomic E-state index is 5.23. The average Bonchev–Trinajstić information content (AvgIpc) is 2.77. The van der Waals surface area contributed by atoms with E-state index < -0.39 is 0 Å². The van der Waals surface area contributed by atoms with Crippen molar-refractivity contribution in [1.29, 1.82) is 0 Å². The molecular formula is C27H16BrN. The minimum Gasteiger partial charge on any atom is -0.246 e. The van der Waals surface area contributed by atoms with Crippen molar-refractivity contribution in [3.05, 3.63) is 102 Å². The summed E-state index contributed by atoms with van der Waals surface area (Å²) in [4.78, 5) is 5.23. The normalized spacial score (nSPS) is 11.6. The highest BCUT2D eigenvalue weighted by molar-refractivity contribution is 9.10. The molecule has 1 heterocycles. The third-order valence-electron chi connectivity index (χ3n) is 5.68. The molecule has 1 nitrogen and oxygen atoms in total. The van der Waals surface area contributed by atoms with Gasteiger partial charge in [-0.25, -0.2) is 4.98 Å². The van der Waals surface area contributed by atoms with Crippen LogP contribution in [0.15, 0.2) is 102 Å². The smallest absolute Gasteiger partial charge is 0.0794 e. The third-order valence-corrected chi connectivity index (χ3v) is 6.17. The van der Waals surface area contributed by atoms with E-state index in [9.17, 15) is 0 Å². The maximum Gasteiger partial charge on any atom is 0.0794 e. The quantitative estimate of drug-likeness (QED) is 0.188. The number of nitrogens with zero attached hydrogens (tertiary/aromatic N) is 1. The summed E-state index contributed by atoms with van der Waals surface area (Å²) in [6.45, 7) is 0. The second-order valence-corrected chi connectivity index (χ2v) is 8.28. The SMILES string of the molecule is Brc1cccc(-c2c3ccc4ccccc4c3nc3c2ccc2ccccc23)c1. The zero-order chi connectivity index (χ0) is 19.4. The molecule has 0 spiro atoms. The molecule has 0 aliphatic heterocycles. The van der Waals surface area contributed by atoms with E-state index in [1.807, 2.05) is 0 Å². The van der Waals surface area contributed by atoms with Crippen LogP contribution in [-0.2, 0) is 0 Å². The van der Waals surface area contributed by atoms with E-state index in [0.717, 1.165) is 15.5 Å². The second kappa shape index (κ2) is 6.40. The zero-order valence-corrected chi connectivity index (χ0v) is 17.1. The Morgan fingerprint density at radius 3 is 1.69 bits per heavy atom. The predicted octanol–water partition coefficient (Wildman–Crippen LogP) is 8.12. The Morgan fingerprint density at radius 2 is 1.10 bits per heavy atom. The largest absolute Gasteiger partial charge is 0.246 e. The van der Waals surface area contributed by atoms with Gasteiger partial charge in [0.2, 0.25) is 0 Å². The van der Waals surface area contributed by atoms with E-state index in [2.05, 4.69) is 113 Å². The maximum absolute atomic E-state index is 5.23. The molecule has 0 saturated carbocycles. The van der Waals surface area contributed by atoms with Crippen molar-refractivity contribution in [2.24, 2.45) is 0 Å². The molecule has 0 bridgehead atoms. The van der Waals surface area contributed by atoms with Gasteiger partial charge in [-0.1, -0.05) is 101 Å². The Bertz CT molecular complexity index is 1470. The van der Waals surface area contributed by atoms with Gasteiger partial charge in [-0.15, -0.1) is 0 Å². The van der Waals surface area contributed by atoms with Crippen LogP contribution in [0.1, 0.15) is 0 Å². The number of halogens is 1. The molecule has 6 rings (SSSR count). The first-order chi connectivity index (χ1) is 14.3.